The van der Waals surface area contributed by atoms with Crippen LogP contribution in [0.25, 0.3) is 0 Å². The van der Waals surface area contributed by atoms with E-state index in [9.17, 15) is 14.7 Å². The van der Waals surface area contributed by atoms with Gasteiger partial charge in [-0.2, -0.15) is 0 Å². The summed E-state index contributed by atoms with van der Waals surface area (Å²) in [5.74, 6) is 0.269. The van der Waals surface area contributed by atoms with Crippen molar-refractivity contribution in [1.82, 2.24) is 5.32 Å². The van der Waals surface area contributed by atoms with Crippen molar-refractivity contribution in [3.63, 3.8) is 0 Å². The molecule has 0 aromatic heterocycles. The highest BCUT2D eigenvalue weighted by Gasteiger charge is 2.10. The van der Waals surface area contributed by atoms with Crippen LogP contribution >= 0.6 is 0 Å². The van der Waals surface area contributed by atoms with Crippen molar-refractivity contribution in [1.29, 1.82) is 0 Å². The van der Waals surface area contributed by atoms with E-state index < -0.39 is 18.5 Å². The van der Waals surface area contributed by atoms with Crippen LogP contribution in [-0.2, 0) is 9.53 Å². The van der Waals surface area contributed by atoms with E-state index in [4.69, 9.17) is 14.2 Å². The molecule has 26 heavy (non-hydrogen) atoms. The summed E-state index contributed by atoms with van der Waals surface area (Å²) in [6.45, 7) is 2.66. The van der Waals surface area contributed by atoms with Crippen molar-refractivity contribution >= 4 is 11.9 Å². The van der Waals surface area contributed by atoms with E-state index in [-0.39, 0.29) is 24.5 Å². The molecular formula is C19H21NO6. The second-order valence-corrected chi connectivity index (χ2v) is 5.23. The minimum absolute atomic E-state index is 0.0460. The zero-order chi connectivity index (χ0) is 18.8. The summed E-state index contributed by atoms with van der Waals surface area (Å²) < 4.78 is 15.7. The van der Waals surface area contributed by atoms with Gasteiger partial charge in [0.15, 0.2) is 6.61 Å². The largest absolute Gasteiger partial charge is 0.508 e. The van der Waals surface area contributed by atoms with Crippen LogP contribution in [0.5, 0.6) is 17.2 Å². The van der Waals surface area contributed by atoms with E-state index in [2.05, 4.69) is 5.32 Å². The molecule has 0 radical (unpaired) electrons. The molecule has 138 valence electrons. The third-order valence-corrected chi connectivity index (χ3v) is 3.24. The molecule has 7 nitrogen and oxygen atoms in total. The smallest absolute Gasteiger partial charge is 0.338 e. The second kappa shape index (κ2) is 9.93. The Morgan fingerprint density at radius 3 is 2.38 bits per heavy atom. The van der Waals surface area contributed by atoms with Gasteiger partial charge in [-0.25, -0.2) is 4.79 Å². The van der Waals surface area contributed by atoms with Gasteiger partial charge in [0.05, 0.1) is 18.7 Å². The van der Waals surface area contributed by atoms with Gasteiger partial charge in [-0.15, -0.1) is 0 Å². The summed E-state index contributed by atoms with van der Waals surface area (Å²) in [6.07, 6.45) is 0. The number of phenols is 1. The Kier molecular flexibility index (Phi) is 7.30. The molecule has 0 bridgehead atoms. The van der Waals surface area contributed by atoms with E-state index in [1.54, 1.807) is 24.3 Å². The average Bonchev–Trinajstić information content (AvgIpc) is 2.65. The van der Waals surface area contributed by atoms with E-state index in [0.717, 1.165) is 5.75 Å². The fraction of sp³-hybridized carbons (Fsp3) is 0.263. The molecule has 7 heteroatoms. The van der Waals surface area contributed by atoms with E-state index in [1.165, 1.54) is 24.3 Å². The number of hydrogen-bond donors (Lipinski definition) is 2. The first-order valence-corrected chi connectivity index (χ1v) is 8.17. The number of carbonyl (C=O) groups is 2. The highest BCUT2D eigenvalue weighted by Crippen LogP contribution is 2.17. The minimum atomic E-state index is -0.679. The Morgan fingerprint density at radius 1 is 1.04 bits per heavy atom. The van der Waals surface area contributed by atoms with Crippen molar-refractivity contribution in [2.24, 2.45) is 0 Å². The fourth-order valence-corrected chi connectivity index (χ4v) is 2.06. The molecule has 0 fully saturated rings. The molecule has 2 aromatic carbocycles. The van der Waals surface area contributed by atoms with Crippen LogP contribution in [0.1, 0.15) is 17.3 Å². The summed E-state index contributed by atoms with van der Waals surface area (Å²) in [5.41, 5.74) is 0.177. The molecule has 2 rings (SSSR count). The molecule has 0 unspecified atom stereocenters. The van der Waals surface area contributed by atoms with Crippen LogP contribution in [0.4, 0.5) is 0 Å². The highest BCUT2D eigenvalue weighted by molar-refractivity contribution is 5.91. The number of carbonyl (C=O) groups excluding carboxylic acids is 2. The predicted molar refractivity (Wildman–Crippen MR) is 94.5 cm³/mol. The Hall–Kier alpha value is -3.22. The van der Waals surface area contributed by atoms with Crippen LogP contribution in [0.15, 0.2) is 48.5 Å². The standard InChI is InChI=1S/C19H21NO6/c1-2-24-16-6-8-17(9-7-16)25-11-10-20-18(22)13-26-19(23)14-4-3-5-15(21)12-14/h3-9,12,21H,2,10-11,13H2,1H3,(H,20,22). The van der Waals surface area contributed by atoms with Gasteiger partial charge in [-0.1, -0.05) is 6.07 Å². The third kappa shape index (κ3) is 6.35. The van der Waals surface area contributed by atoms with Crippen LogP contribution in [0.2, 0.25) is 0 Å². The number of esters is 1. The van der Waals surface area contributed by atoms with Gasteiger partial charge in [0.1, 0.15) is 23.9 Å². The van der Waals surface area contributed by atoms with Crippen molar-refractivity contribution in [2.75, 3.05) is 26.4 Å². The predicted octanol–water partition coefficient (Wildman–Crippen LogP) is 2.14. The molecule has 0 heterocycles. The molecular weight excluding hydrogens is 338 g/mol. The highest BCUT2D eigenvalue weighted by atomic mass is 16.5. The number of hydrogen-bond acceptors (Lipinski definition) is 6. The average molecular weight is 359 g/mol. The van der Waals surface area contributed by atoms with Gasteiger partial charge in [0.2, 0.25) is 0 Å². The first-order chi connectivity index (χ1) is 12.6. The number of aromatic hydroxyl groups is 1. The summed E-state index contributed by atoms with van der Waals surface area (Å²) in [7, 11) is 0. The lowest BCUT2D eigenvalue weighted by molar-refractivity contribution is -0.124. The number of amides is 1. The van der Waals surface area contributed by atoms with E-state index in [1.807, 2.05) is 6.92 Å². The van der Waals surface area contributed by atoms with Gasteiger partial charge >= 0.3 is 5.97 Å². The monoisotopic (exact) mass is 359 g/mol. The molecule has 2 aromatic rings. The van der Waals surface area contributed by atoms with Crippen LogP contribution in [0.3, 0.4) is 0 Å². The topological polar surface area (TPSA) is 94.1 Å². The van der Waals surface area contributed by atoms with Crippen molar-refractivity contribution in [3.05, 3.63) is 54.1 Å². The third-order valence-electron chi connectivity index (χ3n) is 3.24. The molecule has 1 amide bonds. The Labute approximate surface area is 151 Å². The molecule has 0 saturated carbocycles. The summed E-state index contributed by atoms with van der Waals surface area (Å²) >= 11 is 0. The number of rotatable bonds is 9. The first kappa shape index (κ1) is 19.1. The molecule has 0 atom stereocenters. The second-order valence-electron chi connectivity index (χ2n) is 5.23. The van der Waals surface area contributed by atoms with Gasteiger partial charge in [0.25, 0.3) is 5.91 Å². The molecule has 0 aliphatic heterocycles. The van der Waals surface area contributed by atoms with E-state index >= 15 is 0 Å². The maximum absolute atomic E-state index is 11.7. The van der Waals surface area contributed by atoms with Gasteiger partial charge < -0.3 is 24.6 Å². The summed E-state index contributed by atoms with van der Waals surface area (Å²) in [4.78, 5) is 23.4. The number of nitrogens with one attached hydrogen (secondary N) is 1. The Bertz CT molecular complexity index is 729. The van der Waals surface area contributed by atoms with Crippen molar-refractivity contribution in [2.45, 2.75) is 6.92 Å². The lowest BCUT2D eigenvalue weighted by atomic mass is 10.2. The summed E-state index contributed by atoms with van der Waals surface area (Å²) in [5, 5.41) is 11.9. The lowest BCUT2D eigenvalue weighted by Gasteiger charge is -2.09. The van der Waals surface area contributed by atoms with Crippen LogP contribution in [0, 0.1) is 0 Å². The van der Waals surface area contributed by atoms with E-state index in [0.29, 0.717) is 12.4 Å². The SMILES string of the molecule is CCOc1ccc(OCCNC(=O)COC(=O)c2cccc(O)c2)cc1. The molecule has 0 aliphatic carbocycles. The molecule has 0 saturated heterocycles. The Morgan fingerprint density at radius 2 is 1.73 bits per heavy atom. The fourth-order valence-electron chi connectivity index (χ4n) is 2.06. The van der Waals surface area contributed by atoms with Gasteiger partial charge in [0, 0.05) is 0 Å². The zero-order valence-electron chi connectivity index (χ0n) is 14.4. The maximum atomic E-state index is 11.7. The normalized spacial score (nSPS) is 10.0. The molecule has 0 spiro atoms. The quantitative estimate of drug-likeness (QED) is 0.526. The zero-order valence-corrected chi connectivity index (χ0v) is 14.4. The van der Waals surface area contributed by atoms with Crippen molar-refractivity contribution in [3.8, 4) is 17.2 Å². The summed E-state index contributed by atoms with van der Waals surface area (Å²) in [6, 6.07) is 12.9. The molecule has 2 N–H and O–H groups in total. The maximum Gasteiger partial charge on any atom is 0.338 e. The number of ether oxygens (including phenoxy) is 3. The van der Waals surface area contributed by atoms with Crippen LogP contribution in [-0.4, -0.2) is 43.3 Å². The number of benzene rings is 2. The first-order valence-electron chi connectivity index (χ1n) is 8.17. The van der Waals surface area contributed by atoms with Crippen molar-refractivity contribution < 1.29 is 28.9 Å². The van der Waals surface area contributed by atoms with Crippen LogP contribution < -0.4 is 14.8 Å². The van der Waals surface area contributed by atoms with Gasteiger partial charge in [-0.3, -0.25) is 4.79 Å². The van der Waals surface area contributed by atoms with Gasteiger partial charge in [-0.05, 0) is 49.4 Å². The lowest BCUT2D eigenvalue weighted by Crippen LogP contribution is -2.32. The minimum Gasteiger partial charge on any atom is -0.508 e. The Balaban J connectivity index is 1.63. The number of phenolic OH excluding ortho intramolecular Hbond substituents is 1. The molecule has 0 aliphatic rings.